The van der Waals surface area contributed by atoms with Gasteiger partial charge in [0.1, 0.15) is 11.6 Å². The first-order valence-corrected chi connectivity index (χ1v) is 5.76. The fourth-order valence-electron chi connectivity index (χ4n) is 1.53. The van der Waals surface area contributed by atoms with Gasteiger partial charge in [0.25, 0.3) is 5.91 Å². The van der Waals surface area contributed by atoms with E-state index in [-0.39, 0.29) is 10.6 Å². The first-order valence-electron chi connectivity index (χ1n) is 5.39. The largest absolute Gasteiger partial charge is 0.351 e. The molecule has 2 N–H and O–H groups in total. The summed E-state index contributed by atoms with van der Waals surface area (Å²) >= 11 is 5.78. The van der Waals surface area contributed by atoms with Crippen molar-refractivity contribution in [2.24, 2.45) is 0 Å². The number of rotatable bonds is 4. The highest BCUT2D eigenvalue weighted by molar-refractivity contribution is 6.33. The minimum atomic E-state index is -0.627. The van der Waals surface area contributed by atoms with Gasteiger partial charge in [-0.3, -0.25) is 4.79 Å². The second-order valence-corrected chi connectivity index (χ2v) is 4.05. The van der Waals surface area contributed by atoms with Gasteiger partial charge in [-0.15, -0.1) is 0 Å². The first-order chi connectivity index (χ1) is 8.68. The van der Waals surface area contributed by atoms with E-state index in [1.165, 1.54) is 18.2 Å². The number of hydrogen-bond acceptors (Lipinski definition) is 2. The lowest BCUT2D eigenvalue weighted by atomic mass is 10.2. The molecule has 0 spiro atoms. The van der Waals surface area contributed by atoms with Crippen molar-refractivity contribution in [3.05, 3.63) is 52.8 Å². The average molecular weight is 268 g/mol. The molecule has 6 heteroatoms. The van der Waals surface area contributed by atoms with Crippen LogP contribution in [0, 0.1) is 5.82 Å². The van der Waals surface area contributed by atoms with Crippen LogP contribution in [-0.4, -0.2) is 22.4 Å². The Kier molecular flexibility index (Phi) is 3.94. The molecule has 0 bridgehead atoms. The molecule has 1 aromatic carbocycles. The zero-order chi connectivity index (χ0) is 13.0. The molecule has 94 valence electrons. The van der Waals surface area contributed by atoms with E-state index in [9.17, 15) is 9.18 Å². The van der Waals surface area contributed by atoms with Crippen LogP contribution in [0.2, 0.25) is 5.02 Å². The summed E-state index contributed by atoms with van der Waals surface area (Å²) in [5.74, 6) is -0.391. The molecule has 0 saturated carbocycles. The highest BCUT2D eigenvalue weighted by atomic mass is 35.5. The minimum absolute atomic E-state index is 0.102. The second kappa shape index (κ2) is 5.64. The minimum Gasteiger partial charge on any atom is -0.351 e. The Morgan fingerprint density at radius 1 is 1.50 bits per heavy atom. The monoisotopic (exact) mass is 267 g/mol. The van der Waals surface area contributed by atoms with E-state index in [1.807, 2.05) is 0 Å². The number of amides is 1. The molecule has 4 nitrogen and oxygen atoms in total. The number of aromatic amines is 1. The van der Waals surface area contributed by atoms with Crippen LogP contribution < -0.4 is 5.32 Å². The molecule has 1 heterocycles. The molecule has 0 aliphatic rings. The lowest BCUT2D eigenvalue weighted by molar-refractivity contribution is 0.0950. The van der Waals surface area contributed by atoms with Crippen molar-refractivity contribution >= 4 is 17.5 Å². The molecule has 0 saturated heterocycles. The summed E-state index contributed by atoms with van der Waals surface area (Å²) in [4.78, 5) is 18.7. The Labute approximate surface area is 108 Å². The van der Waals surface area contributed by atoms with Crippen LogP contribution in [0.25, 0.3) is 0 Å². The molecule has 0 fully saturated rings. The molecular weight excluding hydrogens is 257 g/mol. The summed E-state index contributed by atoms with van der Waals surface area (Å²) in [6.45, 7) is 0.358. The topological polar surface area (TPSA) is 57.8 Å². The molecule has 2 rings (SSSR count). The standard InChI is InChI=1S/C12H11ClFN3O/c13-8-2-1-3-9(14)11(8)12(18)17-5-4-10-15-6-7-16-10/h1-3,6-7H,4-5H2,(H,15,16)(H,17,18). The fourth-order valence-corrected chi connectivity index (χ4v) is 1.78. The third-order valence-corrected chi connectivity index (χ3v) is 2.71. The molecule has 0 radical (unpaired) electrons. The van der Waals surface area contributed by atoms with Crippen LogP contribution in [0.15, 0.2) is 30.6 Å². The summed E-state index contributed by atoms with van der Waals surface area (Å²) in [5.41, 5.74) is -0.126. The van der Waals surface area contributed by atoms with Crippen molar-refractivity contribution in [2.45, 2.75) is 6.42 Å². The van der Waals surface area contributed by atoms with Gasteiger partial charge in [0.2, 0.25) is 0 Å². The van der Waals surface area contributed by atoms with Crippen molar-refractivity contribution in [1.82, 2.24) is 15.3 Å². The maximum atomic E-state index is 13.4. The summed E-state index contributed by atoms with van der Waals surface area (Å²) in [6, 6.07) is 4.14. The average Bonchev–Trinajstić information content (AvgIpc) is 2.82. The fraction of sp³-hybridized carbons (Fsp3) is 0.167. The Hall–Kier alpha value is -1.88. The zero-order valence-corrected chi connectivity index (χ0v) is 10.2. The van der Waals surface area contributed by atoms with Crippen LogP contribution in [0.3, 0.4) is 0 Å². The summed E-state index contributed by atoms with van der Waals surface area (Å²) in [6.07, 6.45) is 3.88. The molecule has 0 aliphatic carbocycles. The van der Waals surface area contributed by atoms with Crippen molar-refractivity contribution in [3.8, 4) is 0 Å². The maximum Gasteiger partial charge on any atom is 0.255 e. The van der Waals surface area contributed by atoms with Crippen LogP contribution in [0.5, 0.6) is 0 Å². The number of carbonyl (C=O) groups is 1. The van der Waals surface area contributed by atoms with Gasteiger partial charge in [0.05, 0.1) is 10.6 Å². The van der Waals surface area contributed by atoms with E-state index >= 15 is 0 Å². The summed E-state index contributed by atoms with van der Waals surface area (Å²) < 4.78 is 13.4. The maximum absolute atomic E-state index is 13.4. The summed E-state index contributed by atoms with van der Waals surface area (Å²) in [5, 5.41) is 2.70. The Morgan fingerprint density at radius 3 is 3.00 bits per heavy atom. The number of hydrogen-bond donors (Lipinski definition) is 2. The quantitative estimate of drug-likeness (QED) is 0.892. The third kappa shape index (κ3) is 2.87. The lowest BCUT2D eigenvalue weighted by Gasteiger charge is -2.06. The van der Waals surface area contributed by atoms with E-state index in [1.54, 1.807) is 12.4 Å². The molecule has 0 unspecified atom stereocenters. The third-order valence-electron chi connectivity index (χ3n) is 2.39. The first kappa shape index (κ1) is 12.6. The SMILES string of the molecule is O=C(NCCc1ncc[nH]1)c1c(F)cccc1Cl. The number of imidazole rings is 1. The number of H-pyrrole nitrogens is 1. The van der Waals surface area contributed by atoms with E-state index in [0.717, 1.165) is 5.82 Å². The summed E-state index contributed by atoms with van der Waals surface area (Å²) in [7, 11) is 0. The lowest BCUT2D eigenvalue weighted by Crippen LogP contribution is -2.27. The van der Waals surface area contributed by atoms with Gasteiger partial charge in [0, 0.05) is 25.4 Å². The van der Waals surface area contributed by atoms with Gasteiger partial charge in [-0.2, -0.15) is 0 Å². The molecular formula is C12H11ClFN3O. The number of halogens is 2. The van der Waals surface area contributed by atoms with Crippen molar-refractivity contribution < 1.29 is 9.18 Å². The number of aromatic nitrogens is 2. The highest BCUT2D eigenvalue weighted by Gasteiger charge is 2.14. The molecule has 0 aliphatic heterocycles. The van der Waals surface area contributed by atoms with Gasteiger partial charge in [-0.1, -0.05) is 17.7 Å². The molecule has 2 aromatic rings. The van der Waals surface area contributed by atoms with E-state index in [0.29, 0.717) is 13.0 Å². The molecule has 18 heavy (non-hydrogen) atoms. The van der Waals surface area contributed by atoms with Crippen molar-refractivity contribution in [3.63, 3.8) is 0 Å². The Morgan fingerprint density at radius 2 is 2.33 bits per heavy atom. The van der Waals surface area contributed by atoms with Gasteiger partial charge in [-0.25, -0.2) is 9.37 Å². The van der Waals surface area contributed by atoms with Gasteiger partial charge in [0.15, 0.2) is 0 Å². The van der Waals surface area contributed by atoms with Crippen LogP contribution >= 0.6 is 11.6 Å². The number of carbonyl (C=O) groups excluding carboxylic acids is 1. The number of nitrogens with zero attached hydrogens (tertiary/aromatic N) is 1. The number of benzene rings is 1. The predicted molar refractivity (Wildman–Crippen MR) is 66.0 cm³/mol. The van der Waals surface area contributed by atoms with Crippen molar-refractivity contribution in [1.29, 1.82) is 0 Å². The zero-order valence-electron chi connectivity index (χ0n) is 9.41. The van der Waals surface area contributed by atoms with E-state index in [4.69, 9.17) is 11.6 Å². The van der Waals surface area contributed by atoms with E-state index < -0.39 is 11.7 Å². The van der Waals surface area contributed by atoms with Gasteiger partial charge < -0.3 is 10.3 Å². The van der Waals surface area contributed by atoms with E-state index in [2.05, 4.69) is 15.3 Å². The van der Waals surface area contributed by atoms with Crippen LogP contribution in [0.1, 0.15) is 16.2 Å². The number of nitrogens with one attached hydrogen (secondary N) is 2. The van der Waals surface area contributed by atoms with Crippen molar-refractivity contribution in [2.75, 3.05) is 6.54 Å². The smallest absolute Gasteiger partial charge is 0.255 e. The Bertz CT molecular complexity index is 522. The van der Waals surface area contributed by atoms with Crippen LogP contribution in [0.4, 0.5) is 4.39 Å². The van der Waals surface area contributed by atoms with Crippen LogP contribution in [-0.2, 0) is 6.42 Å². The second-order valence-electron chi connectivity index (χ2n) is 3.64. The van der Waals surface area contributed by atoms with Gasteiger partial charge >= 0.3 is 0 Å². The molecule has 1 aromatic heterocycles. The predicted octanol–water partition coefficient (Wildman–Crippen LogP) is 2.17. The molecule has 0 atom stereocenters. The Balaban J connectivity index is 1.96. The normalized spacial score (nSPS) is 10.3. The van der Waals surface area contributed by atoms with Gasteiger partial charge in [-0.05, 0) is 12.1 Å². The highest BCUT2D eigenvalue weighted by Crippen LogP contribution is 2.18. The molecule has 1 amide bonds.